The molecule has 2 aromatic carbocycles. The zero-order chi connectivity index (χ0) is 25.9. The summed E-state index contributed by atoms with van der Waals surface area (Å²) in [6.07, 6.45) is 0. The fourth-order valence-corrected chi connectivity index (χ4v) is 4.59. The lowest BCUT2D eigenvalue weighted by molar-refractivity contribution is -0.140. The van der Waals surface area contributed by atoms with Crippen LogP contribution < -0.4 is 4.74 Å². The summed E-state index contributed by atoms with van der Waals surface area (Å²) in [5, 5.41) is 11.6. The second-order valence-corrected chi connectivity index (χ2v) is 10.1. The molecule has 0 bridgehead atoms. The minimum Gasteiger partial charge on any atom is -0.507 e. The number of hydrogen-bond donors (Lipinski definition) is 1. The van der Waals surface area contributed by atoms with E-state index in [2.05, 4.69) is 39.5 Å². The van der Waals surface area contributed by atoms with E-state index in [0.717, 1.165) is 29.8 Å². The molecule has 1 heterocycles. The Balaban J connectivity index is 2.21. The fraction of sp³-hybridized carbons (Fsp3) is 0.448. The van der Waals surface area contributed by atoms with Gasteiger partial charge in [-0.2, -0.15) is 0 Å². The van der Waals surface area contributed by atoms with Crippen molar-refractivity contribution in [2.24, 2.45) is 0 Å². The fourth-order valence-electron chi connectivity index (χ4n) is 4.59. The molecule has 1 atom stereocenters. The van der Waals surface area contributed by atoms with Crippen LogP contribution in [0.4, 0.5) is 0 Å². The summed E-state index contributed by atoms with van der Waals surface area (Å²) >= 11 is 0. The highest BCUT2D eigenvalue weighted by Gasteiger charge is 2.46. The highest BCUT2D eigenvalue weighted by molar-refractivity contribution is 6.46. The van der Waals surface area contributed by atoms with Crippen LogP contribution in [0, 0.1) is 6.92 Å². The summed E-state index contributed by atoms with van der Waals surface area (Å²) in [4.78, 5) is 30.5. The van der Waals surface area contributed by atoms with Gasteiger partial charge in [0, 0.05) is 13.1 Å². The number of carbonyl (C=O) groups is 2. The number of aliphatic hydroxyl groups is 1. The molecule has 1 aliphatic rings. The third-order valence-electron chi connectivity index (χ3n) is 6.77. The molecule has 1 fully saturated rings. The standard InChI is InChI=1S/C29H38N2O4/c1-8-30(9-2)15-16-31-25(20-12-10-11-19(3)17-20)24(27(33)28(31)34)26(32)22-18-21(29(4,5)6)13-14-23(22)35-7/h10-14,17-18,25,32H,8-9,15-16H2,1-7H3/b26-24+. The van der Waals surface area contributed by atoms with Gasteiger partial charge in [-0.25, -0.2) is 0 Å². The lowest BCUT2D eigenvalue weighted by Crippen LogP contribution is -2.38. The normalized spacial score (nSPS) is 17.9. The first-order chi connectivity index (χ1) is 16.5. The van der Waals surface area contributed by atoms with E-state index in [0.29, 0.717) is 24.4 Å². The van der Waals surface area contributed by atoms with E-state index in [1.807, 2.05) is 43.3 Å². The maximum atomic E-state index is 13.4. The van der Waals surface area contributed by atoms with Gasteiger partial charge in [0.1, 0.15) is 11.5 Å². The summed E-state index contributed by atoms with van der Waals surface area (Å²) in [6.45, 7) is 15.1. The number of ketones is 1. The summed E-state index contributed by atoms with van der Waals surface area (Å²) in [7, 11) is 1.53. The molecule has 1 aliphatic heterocycles. The minimum atomic E-state index is -0.673. The molecule has 1 amide bonds. The molecule has 6 nitrogen and oxygen atoms in total. The molecule has 1 N–H and O–H groups in total. The zero-order valence-corrected chi connectivity index (χ0v) is 22.0. The van der Waals surface area contributed by atoms with E-state index >= 15 is 0 Å². The molecule has 0 aliphatic carbocycles. The molecule has 35 heavy (non-hydrogen) atoms. The van der Waals surface area contributed by atoms with Crippen molar-refractivity contribution in [3.05, 3.63) is 70.3 Å². The predicted molar refractivity (Wildman–Crippen MR) is 140 cm³/mol. The number of likely N-dealkylation sites (tertiary alicyclic amines) is 1. The first kappa shape index (κ1) is 26.5. The van der Waals surface area contributed by atoms with Crippen molar-refractivity contribution in [2.75, 3.05) is 33.3 Å². The largest absolute Gasteiger partial charge is 0.507 e. The van der Waals surface area contributed by atoms with Gasteiger partial charge in [-0.15, -0.1) is 0 Å². The van der Waals surface area contributed by atoms with Gasteiger partial charge in [-0.05, 0) is 48.7 Å². The highest BCUT2D eigenvalue weighted by Crippen LogP contribution is 2.41. The van der Waals surface area contributed by atoms with Gasteiger partial charge in [0.15, 0.2) is 0 Å². The molecular formula is C29H38N2O4. The second kappa shape index (κ2) is 10.6. The molecule has 0 aromatic heterocycles. The monoisotopic (exact) mass is 478 g/mol. The van der Waals surface area contributed by atoms with Crippen molar-refractivity contribution in [1.82, 2.24) is 9.80 Å². The number of hydrogen-bond acceptors (Lipinski definition) is 5. The molecule has 6 heteroatoms. The van der Waals surface area contributed by atoms with Gasteiger partial charge in [0.25, 0.3) is 11.7 Å². The number of ether oxygens (including phenoxy) is 1. The zero-order valence-electron chi connectivity index (χ0n) is 22.0. The number of amides is 1. The van der Waals surface area contributed by atoms with Gasteiger partial charge in [0.05, 0.1) is 24.3 Å². The first-order valence-electron chi connectivity index (χ1n) is 12.3. The molecular weight excluding hydrogens is 440 g/mol. The van der Waals surface area contributed by atoms with Crippen LogP contribution in [0.5, 0.6) is 5.75 Å². The molecule has 1 unspecified atom stereocenters. The van der Waals surface area contributed by atoms with Crippen molar-refractivity contribution in [2.45, 2.75) is 53.0 Å². The molecule has 1 saturated heterocycles. The van der Waals surface area contributed by atoms with Crippen molar-refractivity contribution in [3.8, 4) is 5.75 Å². The summed E-state index contributed by atoms with van der Waals surface area (Å²) in [5.74, 6) is -1.01. The van der Waals surface area contributed by atoms with E-state index in [1.54, 1.807) is 11.0 Å². The molecule has 0 saturated carbocycles. The van der Waals surface area contributed by atoms with Crippen molar-refractivity contribution in [1.29, 1.82) is 0 Å². The van der Waals surface area contributed by atoms with Gasteiger partial charge in [-0.1, -0.05) is 70.5 Å². The van der Waals surface area contributed by atoms with Crippen LogP contribution in [-0.2, 0) is 15.0 Å². The Morgan fingerprint density at radius 2 is 1.77 bits per heavy atom. The Labute approximate surface area is 209 Å². The topological polar surface area (TPSA) is 70.1 Å². The molecule has 3 rings (SSSR count). The number of Topliss-reactive ketones (excluding diaryl/α,β-unsaturated/α-hetero) is 1. The molecule has 2 aromatic rings. The third-order valence-corrected chi connectivity index (χ3v) is 6.77. The predicted octanol–water partition coefficient (Wildman–Crippen LogP) is 5.06. The highest BCUT2D eigenvalue weighted by atomic mass is 16.5. The number of rotatable bonds is 8. The smallest absolute Gasteiger partial charge is 0.295 e. The number of aliphatic hydroxyl groups excluding tert-OH is 1. The lowest BCUT2D eigenvalue weighted by Gasteiger charge is -2.28. The van der Waals surface area contributed by atoms with E-state index in [9.17, 15) is 14.7 Å². The quantitative estimate of drug-likeness (QED) is 0.326. The van der Waals surface area contributed by atoms with Gasteiger partial charge in [-0.3, -0.25) is 9.59 Å². The average molecular weight is 479 g/mol. The van der Waals surface area contributed by atoms with E-state index in [4.69, 9.17) is 4.74 Å². The lowest BCUT2D eigenvalue weighted by atomic mass is 9.85. The third kappa shape index (κ3) is 5.43. The number of methoxy groups -OCH3 is 1. The Hall–Kier alpha value is -3.12. The van der Waals surface area contributed by atoms with Gasteiger partial charge in [0.2, 0.25) is 0 Å². The SMILES string of the molecule is CCN(CC)CCN1C(=O)C(=O)/C(=C(/O)c2cc(C(C)(C)C)ccc2OC)C1c1cccc(C)c1. The Kier molecular flexibility index (Phi) is 8.06. The Morgan fingerprint density at radius 3 is 2.34 bits per heavy atom. The second-order valence-electron chi connectivity index (χ2n) is 10.1. The Bertz CT molecular complexity index is 1130. The summed E-state index contributed by atoms with van der Waals surface area (Å²) in [6, 6.07) is 12.7. The number of aryl methyl sites for hydroxylation is 1. The van der Waals surface area contributed by atoms with Crippen molar-refractivity contribution >= 4 is 17.4 Å². The van der Waals surface area contributed by atoms with Crippen LogP contribution in [0.1, 0.15) is 62.9 Å². The van der Waals surface area contributed by atoms with Crippen LogP contribution in [-0.4, -0.2) is 59.9 Å². The van der Waals surface area contributed by atoms with Crippen LogP contribution in [0.15, 0.2) is 48.0 Å². The Morgan fingerprint density at radius 1 is 1.09 bits per heavy atom. The van der Waals surface area contributed by atoms with Crippen LogP contribution in [0.25, 0.3) is 5.76 Å². The van der Waals surface area contributed by atoms with E-state index < -0.39 is 17.7 Å². The maximum absolute atomic E-state index is 13.4. The molecule has 0 spiro atoms. The van der Waals surface area contributed by atoms with Gasteiger partial charge >= 0.3 is 0 Å². The van der Waals surface area contributed by atoms with Gasteiger partial charge < -0.3 is 19.6 Å². The number of carbonyl (C=O) groups excluding carboxylic acids is 2. The molecule has 0 radical (unpaired) electrons. The minimum absolute atomic E-state index is 0.101. The van der Waals surface area contributed by atoms with Crippen LogP contribution >= 0.6 is 0 Å². The number of nitrogens with zero attached hydrogens (tertiary/aromatic N) is 2. The average Bonchev–Trinajstić information content (AvgIpc) is 3.08. The number of benzene rings is 2. The number of likely N-dealkylation sites (N-methyl/N-ethyl adjacent to an activating group) is 1. The van der Waals surface area contributed by atoms with Crippen LogP contribution in [0.2, 0.25) is 0 Å². The summed E-state index contributed by atoms with van der Waals surface area (Å²) < 4.78 is 5.54. The van der Waals surface area contributed by atoms with Crippen molar-refractivity contribution in [3.63, 3.8) is 0 Å². The first-order valence-corrected chi connectivity index (χ1v) is 12.3. The van der Waals surface area contributed by atoms with Crippen LogP contribution in [0.3, 0.4) is 0 Å². The summed E-state index contributed by atoms with van der Waals surface area (Å²) in [5.41, 5.74) is 3.15. The molecule has 188 valence electrons. The van der Waals surface area contributed by atoms with E-state index in [-0.39, 0.29) is 16.7 Å². The van der Waals surface area contributed by atoms with E-state index in [1.165, 1.54) is 7.11 Å². The van der Waals surface area contributed by atoms with Crippen molar-refractivity contribution < 1.29 is 19.4 Å². The maximum Gasteiger partial charge on any atom is 0.295 e.